The number of nitrogens with zero attached hydrogens (tertiary/aromatic N) is 3. The van der Waals surface area contributed by atoms with Gasteiger partial charge in [0.15, 0.2) is 5.65 Å². The number of rotatable bonds is 3. The van der Waals surface area contributed by atoms with Crippen molar-refractivity contribution in [1.29, 1.82) is 0 Å². The van der Waals surface area contributed by atoms with Crippen molar-refractivity contribution in [2.45, 2.75) is 33.1 Å². The average molecular weight is 422 g/mol. The van der Waals surface area contributed by atoms with Crippen LogP contribution >= 0.6 is 0 Å². The number of pyridine rings is 1. The molecule has 0 aliphatic heterocycles. The fourth-order valence-corrected chi connectivity index (χ4v) is 4.27. The Balaban J connectivity index is 1.91. The Morgan fingerprint density at radius 1 is 0.875 bits per heavy atom. The molecule has 3 aromatic carbocycles. The Labute approximate surface area is 188 Å². The lowest BCUT2D eigenvalue weighted by molar-refractivity contribution is 0.415. The topological polar surface area (TPSA) is 39.9 Å². The van der Waals surface area contributed by atoms with Crippen LogP contribution in [0.5, 0.6) is 5.75 Å². The van der Waals surface area contributed by atoms with Gasteiger partial charge in [-0.2, -0.15) is 5.10 Å². The van der Waals surface area contributed by atoms with Gasteiger partial charge < -0.3 is 4.74 Å². The number of aryl methyl sites for hydroxylation is 1. The second kappa shape index (κ2) is 7.49. The van der Waals surface area contributed by atoms with E-state index in [4.69, 9.17) is 14.8 Å². The summed E-state index contributed by atoms with van der Waals surface area (Å²) in [6.07, 6.45) is 0. The molecule has 0 radical (unpaired) electrons. The summed E-state index contributed by atoms with van der Waals surface area (Å²) in [6, 6.07) is 25.1. The lowest BCUT2D eigenvalue weighted by Crippen LogP contribution is -2.10. The number of hydrogen-bond donors (Lipinski definition) is 0. The molecule has 0 unspecified atom stereocenters. The maximum Gasteiger partial charge on any atom is 0.164 e. The summed E-state index contributed by atoms with van der Waals surface area (Å²) in [7, 11) is 1.69. The van der Waals surface area contributed by atoms with Crippen molar-refractivity contribution >= 4 is 21.9 Å². The maximum absolute atomic E-state index is 5.40. The smallest absolute Gasteiger partial charge is 0.164 e. The van der Waals surface area contributed by atoms with Crippen LogP contribution in [0.4, 0.5) is 0 Å². The maximum atomic E-state index is 5.40. The molecule has 0 aliphatic rings. The Morgan fingerprint density at radius 2 is 1.59 bits per heavy atom. The highest BCUT2D eigenvalue weighted by Crippen LogP contribution is 2.39. The fourth-order valence-electron chi connectivity index (χ4n) is 4.27. The van der Waals surface area contributed by atoms with Crippen LogP contribution in [0.3, 0.4) is 0 Å². The van der Waals surface area contributed by atoms with Crippen LogP contribution < -0.4 is 4.74 Å². The van der Waals surface area contributed by atoms with E-state index in [0.29, 0.717) is 0 Å². The van der Waals surface area contributed by atoms with E-state index in [1.54, 1.807) is 7.11 Å². The first kappa shape index (κ1) is 20.3. The standard InChI is InChI=1S/C28H27N3O/c1-18-25-26(19-11-14-22(32-5)15-12-19)23-17-20(28(2,3)4)13-16-24(23)29-27(25)31(30-18)21-9-7-6-8-10-21/h6-17H,1-5H3. The molecule has 0 fully saturated rings. The summed E-state index contributed by atoms with van der Waals surface area (Å²) in [5.74, 6) is 0.843. The first-order chi connectivity index (χ1) is 15.4. The summed E-state index contributed by atoms with van der Waals surface area (Å²) < 4.78 is 7.35. The van der Waals surface area contributed by atoms with Gasteiger partial charge in [-0.1, -0.05) is 57.2 Å². The van der Waals surface area contributed by atoms with Crippen molar-refractivity contribution in [2.24, 2.45) is 0 Å². The van der Waals surface area contributed by atoms with E-state index in [9.17, 15) is 0 Å². The lowest BCUT2D eigenvalue weighted by atomic mass is 9.85. The summed E-state index contributed by atoms with van der Waals surface area (Å²) >= 11 is 0. The van der Waals surface area contributed by atoms with Gasteiger partial charge in [0, 0.05) is 10.9 Å². The highest BCUT2D eigenvalue weighted by Gasteiger charge is 2.21. The zero-order valence-corrected chi connectivity index (χ0v) is 19.2. The Kier molecular flexibility index (Phi) is 4.74. The van der Waals surface area contributed by atoms with Crippen molar-refractivity contribution in [3.8, 4) is 22.6 Å². The minimum atomic E-state index is 0.0452. The molecule has 2 aromatic heterocycles. The molecule has 0 N–H and O–H groups in total. The summed E-state index contributed by atoms with van der Waals surface area (Å²) in [5.41, 5.74) is 7.43. The second-order valence-corrected chi connectivity index (χ2v) is 9.23. The van der Waals surface area contributed by atoms with Crippen molar-refractivity contribution in [1.82, 2.24) is 14.8 Å². The molecule has 0 saturated heterocycles. The quantitative estimate of drug-likeness (QED) is 0.320. The van der Waals surface area contributed by atoms with Gasteiger partial charge in [0.2, 0.25) is 0 Å². The second-order valence-electron chi connectivity index (χ2n) is 9.23. The van der Waals surface area contributed by atoms with Gasteiger partial charge >= 0.3 is 0 Å². The van der Waals surface area contributed by atoms with E-state index >= 15 is 0 Å². The Hall–Kier alpha value is -3.66. The largest absolute Gasteiger partial charge is 0.497 e. The monoisotopic (exact) mass is 421 g/mol. The van der Waals surface area contributed by atoms with Crippen LogP contribution in [0.1, 0.15) is 32.0 Å². The first-order valence-electron chi connectivity index (χ1n) is 10.9. The van der Waals surface area contributed by atoms with Gasteiger partial charge in [-0.15, -0.1) is 0 Å². The van der Waals surface area contributed by atoms with E-state index in [1.165, 1.54) is 11.1 Å². The van der Waals surface area contributed by atoms with Crippen molar-refractivity contribution < 1.29 is 4.74 Å². The number of ether oxygens (including phenoxy) is 1. The van der Waals surface area contributed by atoms with E-state index < -0.39 is 0 Å². The van der Waals surface area contributed by atoms with Gasteiger partial charge in [0.25, 0.3) is 0 Å². The fraction of sp³-hybridized carbons (Fsp3) is 0.214. The zero-order chi connectivity index (χ0) is 22.5. The van der Waals surface area contributed by atoms with Crippen LogP contribution in [0.25, 0.3) is 38.8 Å². The minimum Gasteiger partial charge on any atom is -0.497 e. The number of para-hydroxylation sites is 1. The summed E-state index contributed by atoms with van der Waals surface area (Å²) in [4.78, 5) is 5.09. The molecule has 5 aromatic rings. The molecule has 0 atom stereocenters. The molecule has 0 aliphatic carbocycles. The van der Waals surface area contributed by atoms with Crippen LogP contribution in [0, 0.1) is 6.92 Å². The van der Waals surface area contributed by atoms with Gasteiger partial charge in [-0.3, -0.25) is 0 Å². The highest BCUT2D eigenvalue weighted by molar-refractivity contribution is 6.10. The molecule has 4 heteroatoms. The van der Waals surface area contributed by atoms with Crippen LogP contribution in [-0.2, 0) is 5.41 Å². The van der Waals surface area contributed by atoms with Crippen LogP contribution in [0.2, 0.25) is 0 Å². The SMILES string of the molecule is COc1ccc(-c2c3cc(C(C)(C)C)ccc3nc3c2c(C)nn3-c2ccccc2)cc1. The molecule has 0 saturated carbocycles. The predicted octanol–water partition coefficient (Wildman–Crippen LogP) is 6.86. The average Bonchev–Trinajstić information content (AvgIpc) is 3.13. The van der Waals surface area contributed by atoms with Gasteiger partial charge in [0.1, 0.15) is 5.75 Å². The van der Waals surface area contributed by atoms with Crippen LogP contribution in [-0.4, -0.2) is 21.9 Å². The van der Waals surface area contributed by atoms with E-state index in [-0.39, 0.29) is 5.41 Å². The van der Waals surface area contributed by atoms with Crippen LogP contribution in [0.15, 0.2) is 72.8 Å². The predicted molar refractivity (Wildman–Crippen MR) is 132 cm³/mol. The number of benzene rings is 3. The van der Waals surface area contributed by atoms with Crippen molar-refractivity contribution in [3.63, 3.8) is 0 Å². The summed E-state index contributed by atoms with van der Waals surface area (Å²) in [5, 5.41) is 7.13. The van der Waals surface area contributed by atoms with Gasteiger partial charge in [-0.25, -0.2) is 9.67 Å². The molecule has 4 nitrogen and oxygen atoms in total. The Morgan fingerprint density at radius 3 is 2.25 bits per heavy atom. The molecule has 0 spiro atoms. The number of aromatic nitrogens is 3. The minimum absolute atomic E-state index is 0.0452. The zero-order valence-electron chi connectivity index (χ0n) is 19.2. The van der Waals surface area contributed by atoms with Gasteiger partial charge in [-0.05, 0) is 59.9 Å². The van der Waals surface area contributed by atoms with E-state index in [1.807, 2.05) is 35.0 Å². The number of methoxy groups -OCH3 is 1. The number of fused-ring (bicyclic) bond motifs is 2. The molecule has 0 amide bonds. The Bertz CT molecular complexity index is 1430. The third-order valence-corrected chi connectivity index (χ3v) is 6.02. The molecule has 160 valence electrons. The van der Waals surface area contributed by atoms with E-state index in [2.05, 4.69) is 70.2 Å². The first-order valence-corrected chi connectivity index (χ1v) is 10.9. The molecular weight excluding hydrogens is 394 g/mol. The van der Waals surface area contributed by atoms with Crippen molar-refractivity contribution in [2.75, 3.05) is 7.11 Å². The highest BCUT2D eigenvalue weighted by atomic mass is 16.5. The molecule has 32 heavy (non-hydrogen) atoms. The van der Waals surface area contributed by atoms with Gasteiger partial charge in [0.05, 0.1) is 29.4 Å². The number of hydrogen-bond acceptors (Lipinski definition) is 3. The van der Waals surface area contributed by atoms with Crippen molar-refractivity contribution in [3.05, 3.63) is 84.1 Å². The third kappa shape index (κ3) is 3.32. The molecule has 2 heterocycles. The normalized spacial score (nSPS) is 11.9. The molecule has 5 rings (SSSR count). The lowest BCUT2D eigenvalue weighted by Gasteiger charge is -2.20. The molecule has 0 bridgehead atoms. The van der Waals surface area contributed by atoms with E-state index in [0.717, 1.165) is 44.6 Å². The summed E-state index contributed by atoms with van der Waals surface area (Å²) in [6.45, 7) is 8.79. The third-order valence-electron chi connectivity index (χ3n) is 6.02. The molecular formula is C28H27N3O.